The van der Waals surface area contributed by atoms with Crippen molar-refractivity contribution < 1.29 is 9.90 Å². The summed E-state index contributed by atoms with van der Waals surface area (Å²) in [6, 6.07) is 0. The van der Waals surface area contributed by atoms with Gasteiger partial charge in [0, 0.05) is 26.1 Å². The second-order valence-corrected chi connectivity index (χ2v) is 6.11. The predicted octanol–water partition coefficient (Wildman–Crippen LogP) is 3.39. The zero-order chi connectivity index (χ0) is 16.3. The van der Waals surface area contributed by atoms with Crippen LogP contribution >= 0.6 is 0 Å². The maximum atomic E-state index is 11.6. The molecule has 22 heavy (non-hydrogen) atoms. The molecule has 0 heterocycles. The highest BCUT2D eigenvalue weighted by Gasteiger charge is 2.00. The predicted molar refractivity (Wildman–Crippen MR) is 94.0 cm³/mol. The first kappa shape index (κ1) is 21.4. The Balaban J connectivity index is 3.13. The van der Waals surface area contributed by atoms with E-state index in [0.29, 0.717) is 13.0 Å². The van der Waals surface area contributed by atoms with Gasteiger partial charge in [-0.3, -0.25) is 4.79 Å². The molecular weight excluding hydrogens is 276 g/mol. The molecule has 132 valence electrons. The van der Waals surface area contributed by atoms with Crippen molar-refractivity contribution in [3.63, 3.8) is 0 Å². The third-order valence-corrected chi connectivity index (χ3v) is 3.89. The minimum Gasteiger partial charge on any atom is -0.396 e. The van der Waals surface area contributed by atoms with Gasteiger partial charge in [0.25, 0.3) is 0 Å². The number of aliphatic hydroxyl groups is 1. The first-order valence-electron chi connectivity index (χ1n) is 9.39. The van der Waals surface area contributed by atoms with Gasteiger partial charge in [0.1, 0.15) is 0 Å². The van der Waals surface area contributed by atoms with Gasteiger partial charge < -0.3 is 15.7 Å². The van der Waals surface area contributed by atoms with Crippen molar-refractivity contribution in [3.8, 4) is 0 Å². The summed E-state index contributed by atoms with van der Waals surface area (Å²) in [5.74, 6) is 0.181. The van der Waals surface area contributed by atoms with Gasteiger partial charge in [-0.15, -0.1) is 0 Å². The standard InChI is InChI=1S/C18H38N2O2/c1-2-3-4-5-6-7-8-9-10-13-18(22)20-16-15-19-14-11-12-17-21/h19,21H,2-17H2,1H3,(H,20,22). The van der Waals surface area contributed by atoms with Crippen molar-refractivity contribution >= 4 is 5.91 Å². The summed E-state index contributed by atoms with van der Waals surface area (Å²) in [7, 11) is 0. The molecule has 0 aliphatic rings. The second-order valence-electron chi connectivity index (χ2n) is 6.11. The van der Waals surface area contributed by atoms with E-state index in [1.54, 1.807) is 0 Å². The van der Waals surface area contributed by atoms with Crippen LogP contribution in [-0.4, -0.2) is 37.3 Å². The topological polar surface area (TPSA) is 61.4 Å². The summed E-state index contributed by atoms with van der Waals surface area (Å²) in [6.07, 6.45) is 14.1. The van der Waals surface area contributed by atoms with Crippen LogP contribution in [0.4, 0.5) is 0 Å². The Kier molecular flexibility index (Phi) is 17.9. The molecule has 0 saturated carbocycles. The van der Waals surface area contributed by atoms with Crippen LogP contribution in [0.15, 0.2) is 0 Å². The average molecular weight is 315 g/mol. The molecule has 4 heteroatoms. The number of hydrogen-bond donors (Lipinski definition) is 3. The Morgan fingerprint density at radius 3 is 2.05 bits per heavy atom. The fourth-order valence-corrected chi connectivity index (χ4v) is 2.46. The number of carbonyl (C=O) groups is 1. The molecule has 0 spiro atoms. The molecule has 0 radical (unpaired) electrons. The van der Waals surface area contributed by atoms with Crippen molar-refractivity contribution in [3.05, 3.63) is 0 Å². The van der Waals surface area contributed by atoms with Crippen molar-refractivity contribution in [1.82, 2.24) is 10.6 Å². The molecule has 0 bridgehead atoms. The number of unbranched alkanes of at least 4 members (excludes halogenated alkanes) is 9. The van der Waals surface area contributed by atoms with Gasteiger partial charge in [-0.05, 0) is 25.8 Å². The third kappa shape index (κ3) is 17.4. The Bertz CT molecular complexity index is 235. The Morgan fingerprint density at radius 2 is 1.41 bits per heavy atom. The summed E-state index contributed by atoms with van der Waals surface area (Å²) in [6.45, 7) is 4.94. The molecule has 0 aliphatic heterocycles. The van der Waals surface area contributed by atoms with E-state index in [-0.39, 0.29) is 12.5 Å². The van der Waals surface area contributed by atoms with Crippen molar-refractivity contribution in [1.29, 1.82) is 0 Å². The molecule has 1 amide bonds. The number of aliphatic hydroxyl groups excluding tert-OH is 1. The number of carbonyl (C=O) groups excluding carboxylic acids is 1. The lowest BCUT2D eigenvalue weighted by atomic mass is 10.1. The Labute approximate surface area is 137 Å². The minimum absolute atomic E-state index is 0.181. The van der Waals surface area contributed by atoms with E-state index in [2.05, 4.69) is 17.6 Å². The lowest BCUT2D eigenvalue weighted by molar-refractivity contribution is -0.121. The molecule has 0 aliphatic carbocycles. The van der Waals surface area contributed by atoms with E-state index in [1.807, 2.05) is 0 Å². The van der Waals surface area contributed by atoms with E-state index in [9.17, 15) is 4.79 Å². The van der Waals surface area contributed by atoms with Gasteiger partial charge >= 0.3 is 0 Å². The molecule has 4 nitrogen and oxygen atoms in total. The molecule has 3 N–H and O–H groups in total. The van der Waals surface area contributed by atoms with Gasteiger partial charge in [-0.1, -0.05) is 58.3 Å². The van der Waals surface area contributed by atoms with Gasteiger partial charge in [-0.25, -0.2) is 0 Å². The first-order chi connectivity index (χ1) is 10.8. The van der Waals surface area contributed by atoms with Gasteiger partial charge in [0.2, 0.25) is 5.91 Å². The average Bonchev–Trinajstić information content (AvgIpc) is 2.52. The van der Waals surface area contributed by atoms with Crippen LogP contribution in [0.25, 0.3) is 0 Å². The van der Waals surface area contributed by atoms with Crippen LogP contribution in [0.5, 0.6) is 0 Å². The van der Waals surface area contributed by atoms with E-state index < -0.39 is 0 Å². The number of amides is 1. The molecule has 0 aromatic carbocycles. The van der Waals surface area contributed by atoms with E-state index >= 15 is 0 Å². The minimum atomic E-state index is 0.181. The van der Waals surface area contributed by atoms with Crippen LogP contribution < -0.4 is 10.6 Å². The maximum Gasteiger partial charge on any atom is 0.220 e. The normalized spacial score (nSPS) is 10.8. The molecule has 0 rings (SSSR count). The summed E-state index contributed by atoms with van der Waals surface area (Å²) in [5.41, 5.74) is 0. The monoisotopic (exact) mass is 314 g/mol. The highest BCUT2D eigenvalue weighted by atomic mass is 16.2. The molecule has 0 saturated heterocycles. The molecule has 0 fully saturated rings. The van der Waals surface area contributed by atoms with Crippen molar-refractivity contribution in [2.45, 2.75) is 84.0 Å². The summed E-state index contributed by atoms with van der Waals surface area (Å²) >= 11 is 0. The smallest absolute Gasteiger partial charge is 0.220 e. The Hall–Kier alpha value is -0.610. The lowest BCUT2D eigenvalue weighted by Gasteiger charge is -2.06. The number of hydrogen-bond acceptors (Lipinski definition) is 3. The molecular formula is C18H38N2O2. The molecule has 0 aromatic rings. The molecule has 0 aromatic heterocycles. The zero-order valence-corrected chi connectivity index (χ0v) is 14.7. The largest absolute Gasteiger partial charge is 0.396 e. The zero-order valence-electron chi connectivity index (χ0n) is 14.7. The van der Waals surface area contributed by atoms with Crippen LogP contribution in [-0.2, 0) is 4.79 Å². The highest BCUT2D eigenvalue weighted by Crippen LogP contribution is 2.10. The number of nitrogens with one attached hydrogen (secondary N) is 2. The first-order valence-corrected chi connectivity index (χ1v) is 9.39. The lowest BCUT2D eigenvalue weighted by Crippen LogP contribution is -2.32. The van der Waals surface area contributed by atoms with Crippen LogP contribution in [0.2, 0.25) is 0 Å². The number of rotatable bonds is 17. The molecule has 0 unspecified atom stereocenters. The highest BCUT2D eigenvalue weighted by molar-refractivity contribution is 5.75. The maximum absolute atomic E-state index is 11.6. The Morgan fingerprint density at radius 1 is 0.773 bits per heavy atom. The third-order valence-electron chi connectivity index (χ3n) is 3.89. The van der Waals surface area contributed by atoms with E-state index in [4.69, 9.17) is 5.11 Å². The molecule has 0 atom stereocenters. The van der Waals surface area contributed by atoms with Crippen LogP contribution in [0.3, 0.4) is 0 Å². The van der Waals surface area contributed by atoms with Gasteiger partial charge in [0.15, 0.2) is 0 Å². The quantitative estimate of drug-likeness (QED) is 0.361. The second kappa shape index (κ2) is 18.4. The summed E-state index contributed by atoms with van der Waals surface area (Å²) in [5, 5.41) is 14.8. The SMILES string of the molecule is CCCCCCCCCCCC(=O)NCCNCCCCO. The van der Waals surface area contributed by atoms with E-state index in [1.165, 1.54) is 51.4 Å². The summed E-state index contributed by atoms with van der Waals surface area (Å²) < 4.78 is 0. The van der Waals surface area contributed by atoms with Crippen molar-refractivity contribution in [2.75, 3.05) is 26.2 Å². The van der Waals surface area contributed by atoms with Gasteiger partial charge in [0.05, 0.1) is 0 Å². The van der Waals surface area contributed by atoms with Crippen molar-refractivity contribution in [2.24, 2.45) is 0 Å². The fourth-order valence-electron chi connectivity index (χ4n) is 2.46. The summed E-state index contributed by atoms with van der Waals surface area (Å²) in [4.78, 5) is 11.6. The van der Waals surface area contributed by atoms with Crippen LogP contribution in [0, 0.1) is 0 Å². The van der Waals surface area contributed by atoms with E-state index in [0.717, 1.165) is 32.4 Å². The fraction of sp³-hybridized carbons (Fsp3) is 0.944. The van der Waals surface area contributed by atoms with Gasteiger partial charge in [-0.2, -0.15) is 0 Å². The van der Waals surface area contributed by atoms with Crippen LogP contribution in [0.1, 0.15) is 84.0 Å².